The first kappa shape index (κ1) is 14.6. The molecule has 1 aliphatic rings. The molecule has 0 aromatic heterocycles. The quantitative estimate of drug-likeness (QED) is 0.554. The highest BCUT2D eigenvalue weighted by Gasteiger charge is 2.15. The van der Waals surface area contributed by atoms with Gasteiger partial charge in [-0.1, -0.05) is 72.8 Å². The molecule has 4 rings (SSSR count). The molecule has 0 atom stereocenters. The predicted molar refractivity (Wildman–Crippen MR) is 104 cm³/mol. The van der Waals surface area contributed by atoms with E-state index in [0.717, 1.165) is 22.9 Å². The van der Waals surface area contributed by atoms with E-state index in [1.165, 1.54) is 33.9 Å². The van der Waals surface area contributed by atoms with Crippen LogP contribution in [0.15, 0.2) is 78.4 Å². The summed E-state index contributed by atoms with van der Waals surface area (Å²) < 4.78 is 0. The second kappa shape index (κ2) is 5.93. The van der Waals surface area contributed by atoms with Crippen LogP contribution in [0.2, 0.25) is 0 Å². The van der Waals surface area contributed by atoms with Gasteiger partial charge < -0.3 is 5.41 Å². The Kier molecular flexibility index (Phi) is 3.62. The largest absolute Gasteiger partial charge is 0.308 e. The average Bonchev–Trinajstić information content (AvgIpc) is 3.06. The van der Waals surface area contributed by atoms with Crippen molar-refractivity contribution >= 4 is 22.6 Å². The molecule has 0 radical (unpaired) electrons. The molecule has 0 spiro atoms. The van der Waals surface area contributed by atoms with Gasteiger partial charge in [0.25, 0.3) is 0 Å². The first-order valence-electron chi connectivity index (χ1n) is 8.28. The second-order valence-corrected chi connectivity index (χ2v) is 6.21. The van der Waals surface area contributed by atoms with E-state index < -0.39 is 0 Å². The third kappa shape index (κ3) is 2.30. The number of rotatable bonds is 3. The van der Waals surface area contributed by atoms with E-state index in [9.17, 15) is 0 Å². The highest BCUT2D eigenvalue weighted by molar-refractivity contribution is 6.06. The SMILES string of the molecule is CC1=C(c2ccccc2-c2ccc3ccccc3c2C=N)CC=C1. The fraction of sp³-hybridized carbons (Fsp3) is 0.0870. The van der Waals surface area contributed by atoms with E-state index >= 15 is 0 Å². The number of fused-ring (bicyclic) bond motifs is 1. The zero-order chi connectivity index (χ0) is 16.5. The Labute approximate surface area is 142 Å². The lowest BCUT2D eigenvalue weighted by Crippen LogP contribution is -1.94. The molecule has 0 fully saturated rings. The van der Waals surface area contributed by atoms with Crippen LogP contribution in [0.1, 0.15) is 24.5 Å². The van der Waals surface area contributed by atoms with Crippen molar-refractivity contribution in [1.29, 1.82) is 5.41 Å². The Balaban J connectivity index is 2.00. The summed E-state index contributed by atoms with van der Waals surface area (Å²) in [7, 11) is 0. The van der Waals surface area contributed by atoms with Gasteiger partial charge in [-0.2, -0.15) is 0 Å². The lowest BCUT2D eigenvalue weighted by Gasteiger charge is -2.15. The van der Waals surface area contributed by atoms with Crippen molar-refractivity contribution < 1.29 is 0 Å². The molecule has 0 heterocycles. The Morgan fingerprint density at radius 2 is 1.58 bits per heavy atom. The highest BCUT2D eigenvalue weighted by atomic mass is 14.3. The third-order valence-electron chi connectivity index (χ3n) is 4.82. The van der Waals surface area contributed by atoms with Gasteiger partial charge in [0.1, 0.15) is 0 Å². The Morgan fingerprint density at radius 1 is 0.833 bits per heavy atom. The maximum Gasteiger partial charge on any atom is 0.0262 e. The molecule has 1 N–H and O–H groups in total. The van der Waals surface area contributed by atoms with E-state index in [4.69, 9.17) is 5.41 Å². The van der Waals surface area contributed by atoms with Gasteiger partial charge in [-0.3, -0.25) is 0 Å². The maximum absolute atomic E-state index is 7.99. The van der Waals surface area contributed by atoms with Crippen molar-refractivity contribution in [2.24, 2.45) is 0 Å². The Morgan fingerprint density at radius 3 is 2.33 bits per heavy atom. The smallest absolute Gasteiger partial charge is 0.0262 e. The minimum absolute atomic E-state index is 0.982. The van der Waals surface area contributed by atoms with Crippen LogP contribution < -0.4 is 0 Å². The van der Waals surface area contributed by atoms with Gasteiger partial charge in [0, 0.05) is 11.8 Å². The molecule has 1 aliphatic carbocycles. The molecule has 1 nitrogen and oxygen atoms in total. The van der Waals surface area contributed by atoms with Gasteiger partial charge in [-0.25, -0.2) is 0 Å². The number of benzene rings is 3. The predicted octanol–water partition coefficient (Wildman–Crippen LogP) is 6.24. The minimum Gasteiger partial charge on any atom is -0.308 e. The fourth-order valence-electron chi connectivity index (χ4n) is 3.60. The van der Waals surface area contributed by atoms with Crippen LogP contribution >= 0.6 is 0 Å². The molecule has 0 amide bonds. The van der Waals surface area contributed by atoms with Crippen LogP contribution in [0.3, 0.4) is 0 Å². The Hall–Kier alpha value is -2.93. The van der Waals surface area contributed by atoms with E-state index in [2.05, 4.69) is 67.6 Å². The summed E-state index contributed by atoms with van der Waals surface area (Å²) in [5, 5.41) is 10.3. The van der Waals surface area contributed by atoms with E-state index in [0.29, 0.717) is 0 Å². The first-order valence-corrected chi connectivity index (χ1v) is 8.28. The molecule has 1 heteroatoms. The van der Waals surface area contributed by atoms with E-state index in [-0.39, 0.29) is 0 Å². The zero-order valence-electron chi connectivity index (χ0n) is 13.7. The number of allylic oxidation sites excluding steroid dienone is 4. The van der Waals surface area contributed by atoms with Gasteiger partial charge in [-0.15, -0.1) is 0 Å². The maximum atomic E-state index is 7.99. The van der Waals surface area contributed by atoms with Crippen LogP contribution in [-0.2, 0) is 0 Å². The lowest BCUT2D eigenvalue weighted by molar-refractivity contribution is 1.40. The van der Waals surface area contributed by atoms with Crippen LogP contribution in [0, 0.1) is 5.41 Å². The molecular formula is C23H19N. The number of hydrogen-bond donors (Lipinski definition) is 1. The second-order valence-electron chi connectivity index (χ2n) is 6.21. The number of hydrogen-bond acceptors (Lipinski definition) is 1. The van der Waals surface area contributed by atoms with Crippen molar-refractivity contribution in [3.8, 4) is 11.1 Å². The highest BCUT2D eigenvalue weighted by Crippen LogP contribution is 2.38. The molecule has 0 saturated heterocycles. The van der Waals surface area contributed by atoms with Crippen molar-refractivity contribution in [1.82, 2.24) is 0 Å². The van der Waals surface area contributed by atoms with E-state index in [1.807, 2.05) is 12.1 Å². The fourth-order valence-corrected chi connectivity index (χ4v) is 3.60. The topological polar surface area (TPSA) is 23.9 Å². The summed E-state index contributed by atoms with van der Waals surface area (Å²) in [6, 6.07) is 21.1. The first-order chi connectivity index (χ1) is 11.8. The summed E-state index contributed by atoms with van der Waals surface area (Å²) in [6.45, 7) is 2.17. The van der Waals surface area contributed by atoms with Crippen LogP contribution in [-0.4, -0.2) is 6.21 Å². The summed E-state index contributed by atoms with van der Waals surface area (Å²) in [5.74, 6) is 0. The zero-order valence-corrected chi connectivity index (χ0v) is 13.7. The van der Waals surface area contributed by atoms with Crippen LogP contribution in [0.4, 0.5) is 0 Å². The molecule has 3 aromatic rings. The Bertz CT molecular complexity index is 1010. The monoisotopic (exact) mass is 309 g/mol. The molecule has 116 valence electrons. The minimum atomic E-state index is 0.982. The normalized spacial score (nSPS) is 13.7. The average molecular weight is 309 g/mol. The van der Waals surface area contributed by atoms with E-state index in [1.54, 1.807) is 0 Å². The standard InChI is InChI=1S/C23H19N/c1-16-7-6-12-18(16)20-10-4-5-11-21(20)22-14-13-17-8-2-3-9-19(17)23(22)15-24/h2-11,13-15,24H,12H2,1H3. The van der Waals surface area contributed by atoms with Gasteiger partial charge in [-0.05, 0) is 52.0 Å². The summed E-state index contributed by atoms with van der Waals surface area (Å²) in [4.78, 5) is 0. The summed E-state index contributed by atoms with van der Waals surface area (Å²) >= 11 is 0. The van der Waals surface area contributed by atoms with Gasteiger partial charge in [0.2, 0.25) is 0 Å². The van der Waals surface area contributed by atoms with Gasteiger partial charge in [0.15, 0.2) is 0 Å². The van der Waals surface area contributed by atoms with Crippen molar-refractivity contribution in [3.63, 3.8) is 0 Å². The van der Waals surface area contributed by atoms with Crippen molar-refractivity contribution in [2.75, 3.05) is 0 Å². The third-order valence-corrected chi connectivity index (χ3v) is 4.82. The van der Waals surface area contributed by atoms with Crippen molar-refractivity contribution in [2.45, 2.75) is 13.3 Å². The van der Waals surface area contributed by atoms with Gasteiger partial charge in [0.05, 0.1) is 0 Å². The molecule has 0 saturated carbocycles. The van der Waals surface area contributed by atoms with Crippen molar-refractivity contribution in [3.05, 3.63) is 89.5 Å². The molecule has 3 aromatic carbocycles. The molecular weight excluding hydrogens is 290 g/mol. The van der Waals surface area contributed by atoms with Gasteiger partial charge >= 0.3 is 0 Å². The molecule has 0 unspecified atom stereocenters. The van der Waals surface area contributed by atoms with Crippen LogP contribution in [0.25, 0.3) is 27.5 Å². The molecule has 0 bridgehead atoms. The lowest BCUT2D eigenvalue weighted by atomic mass is 9.88. The summed E-state index contributed by atoms with van der Waals surface area (Å²) in [6.07, 6.45) is 6.89. The van der Waals surface area contributed by atoms with Crippen LogP contribution in [0.5, 0.6) is 0 Å². The molecule has 0 aliphatic heterocycles. The number of nitrogens with one attached hydrogen (secondary N) is 1. The summed E-state index contributed by atoms with van der Waals surface area (Å²) in [5.41, 5.74) is 7.32. The molecule has 24 heavy (non-hydrogen) atoms.